The van der Waals surface area contributed by atoms with Crippen molar-refractivity contribution < 1.29 is 18.7 Å². The molecule has 0 aliphatic carbocycles. The minimum absolute atomic E-state index is 0.247. The number of furan rings is 1. The van der Waals surface area contributed by atoms with Gasteiger partial charge in [0.2, 0.25) is 0 Å². The first-order chi connectivity index (χ1) is 11.6. The zero-order chi connectivity index (χ0) is 17.4. The van der Waals surface area contributed by atoms with E-state index in [9.17, 15) is 4.79 Å². The van der Waals surface area contributed by atoms with Crippen LogP contribution >= 0.6 is 0 Å². The van der Waals surface area contributed by atoms with Gasteiger partial charge in [0.05, 0.1) is 0 Å². The number of hydrogen-bond acceptors (Lipinski definition) is 5. The predicted octanol–water partition coefficient (Wildman–Crippen LogP) is 2.30. The quantitative estimate of drug-likeness (QED) is 0.763. The first kappa shape index (κ1) is 18.0. The molecule has 24 heavy (non-hydrogen) atoms. The normalized spacial score (nSPS) is 10.8. The lowest BCUT2D eigenvalue weighted by atomic mass is 10.2. The molecule has 1 heterocycles. The number of likely N-dealkylation sites (N-methyl/N-ethyl adjacent to an activating group) is 1. The van der Waals surface area contributed by atoms with Crippen molar-refractivity contribution in [2.24, 2.45) is 0 Å². The van der Waals surface area contributed by atoms with Gasteiger partial charge in [-0.3, -0.25) is 4.79 Å². The summed E-state index contributed by atoms with van der Waals surface area (Å²) >= 11 is 0. The highest BCUT2D eigenvalue weighted by atomic mass is 16.5. The Labute approximate surface area is 142 Å². The van der Waals surface area contributed by atoms with Crippen LogP contribution in [0.25, 0.3) is 0 Å². The number of benzene rings is 1. The number of rotatable bonds is 9. The van der Waals surface area contributed by atoms with Gasteiger partial charge in [-0.2, -0.15) is 0 Å². The second-order valence-electron chi connectivity index (χ2n) is 5.68. The fourth-order valence-electron chi connectivity index (χ4n) is 2.04. The largest absolute Gasteiger partial charge is 0.492 e. The summed E-state index contributed by atoms with van der Waals surface area (Å²) in [6.07, 6.45) is 0. The van der Waals surface area contributed by atoms with E-state index in [1.807, 2.05) is 38.4 Å². The van der Waals surface area contributed by atoms with Gasteiger partial charge in [-0.25, -0.2) is 0 Å². The van der Waals surface area contributed by atoms with Gasteiger partial charge in [-0.15, -0.1) is 0 Å². The average Bonchev–Trinajstić information content (AvgIpc) is 3.02. The van der Waals surface area contributed by atoms with Crippen molar-refractivity contribution in [3.63, 3.8) is 0 Å². The highest BCUT2D eigenvalue weighted by molar-refractivity contribution is 5.91. The van der Waals surface area contributed by atoms with Crippen LogP contribution in [0.15, 0.2) is 40.8 Å². The fourth-order valence-corrected chi connectivity index (χ4v) is 2.04. The lowest BCUT2D eigenvalue weighted by Gasteiger charge is -2.11. The highest BCUT2D eigenvalue weighted by Crippen LogP contribution is 2.13. The van der Waals surface area contributed by atoms with Crippen molar-refractivity contribution in [1.29, 1.82) is 0 Å². The fraction of sp³-hybridized carbons (Fsp3) is 0.389. The third-order valence-corrected chi connectivity index (χ3v) is 3.36. The van der Waals surface area contributed by atoms with E-state index < -0.39 is 0 Å². The molecule has 0 atom stereocenters. The van der Waals surface area contributed by atoms with Crippen molar-refractivity contribution >= 4 is 5.91 Å². The van der Waals surface area contributed by atoms with Crippen LogP contribution in [0.2, 0.25) is 0 Å². The maximum Gasteiger partial charge on any atom is 0.287 e. The Morgan fingerprint density at radius 2 is 1.92 bits per heavy atom. The summed E-state index contributed by atoms with van der Waals surface area (Å²) in [5.74, 6) is 1.48. The molecule has 0 saturated carbocycles. The van der Waals surface area contributed by atoms with Crippen LogP contribution in [0.4, 0.5) is 0 Å². The van der Waals surface area contributed by atoms with Crippen LogP contribution in [-0.2, 0) is 17.9 Å². The summed E-state index contributed by atoms with van der Waals surface area (Å²) in [7, 11) is 5.59. The number of nitrogens with one attached hydrogen (secondary N) is 1. The summed E-state index contributed by atoms with van der Waals surface area (Å²) in [6, 6.07) is 11.1. The molecule has 1 amide bonds. The smallest absolute Gasteiger partial charge is 0.287 e. The van der Waals surface area contributed by atoms with Crippen LogP contribution in [-0.4, -0.2) is 45.2 Å². The van der Waals surface area contributed by atoms with Gasteiger partial charge in [0, 0.05) is 20.2 Å². The van der Waals surface area contributed by atoms with Crippen LogP contribution in [0.5, 0.6) is 5.75 Å². The van der Waals surface area contributed by atoms with Gasteiger partial charge < -0.3 is 24.1 Å². The Bertz CT molecular complexity index is 635. The van der Waals surface area contributed by atoms with Crippen molar-refractivity contribution in [1.82, 2.24) is 10.2 Å². The highest BCUT2D eigenvalue weighted by Gasteiger charge is 2.10. The first-order valence-electron chi connectivity index (χ1n) is 7.81. The van der Waals surface area contributed by atoms with E-state index in [0.717, 1.165) is 17.9 Å². The molecule has 2 rings (SSSR count). The minimum Gasteiger partial charge on any atom is -0.492 e. The Kier molecular flexibility index (Phi) is 6.84. The lowest BCUT2D eigenvalue weighted by molar-refractivity contribution is 0.0914. The van der Waals surface area contributed by atoms with Crippen LogP contribution < -0.4 is 10.1 Å². The molecule has 0 aliphatic rings. The summed E-state index contributed by atoms with van der Waals surface area (Å²) in [5.41, 5.74) is 0.993. The first-order valence-corrected chi connectivity index (χ1v) is 7.81. The molecular weight excluding hydrogens is 308 g/mol. The monoisotopic (exact) mass is 332 g/mol. The summed E-state index contributed by atoms with van der Waals surface area (Å²) in [4.78, 5) is 14.1. The van der Waals surface area contributed by atoms with Crippen molar-refractivity contribution in [2.45, 2.75) is 13.2 Å². The van der Waals surface area contributed by atoms with E-state index in [1.54, 1.807) is 19.2 Å². The molecule has 0 radical (unpaired) electrons. The maximum absolute atomic E-state index is 12.0. The topological polar surface area (TPSA) is 63.9 Å². The van der Waals surface area contributed by atoms with Crippen LogP contribution in [0, 0.1) is 0 Å². The Balaban J connectivity index is 1.79. The molecule has 2 aromatic rings. The second-order valence-corrected chi connectivity index (χ2v) is 5.68. The third kappa shape index (κ3) is 5.72. The van der Waals surface area contributed by atoms with Gasteiger partial charge in [0.15, 0.2) is 5.76 Å². The summed E-state index contributed by atoms with van der Waals surface area (Å²) in [5, 5.41) is 2.83. The van der Waals surface area contributed by atoms with E-state index in [1.165, 1.54) is 0 Å². The van der Waals surface area contributed by atoms with Gasteiger partial charge in [-0.1, -0.05) is 12.1 Å². The number of amides is 1. The zero-order valence-corrected chi connectivity index (χ0v) is 14.4. The number of hydrogen-bond donors (Lipinski definition) is 1. The molecule has 1 aromatic carbocycles. The number of carbonyl (C=O) groups is 1. The molecule has 6 nitrogen and oxygen atoms in total. The minimum atomic E-state index is -0.247. The molecule has 1 aromatic heterocycles. The molecule has 0 saturated heterocycles. The van der Waals surface area contributed by atoms with E-state index in [-0.39, 0.29) is 11.7 Å². The van der Waals surface area contributed by atoms with E-state index >= 15 is 0 Å². The molecule has 6 heteroatoms. The second kappa shape index (κ2) is 9.10. The van der Waals surface area contributed by atoms with Crippen molar-refractivity contribution in [3.8, 4) is 5.75 Å². The Hall–Kier alpha value is -2.31. The zero-order valence-electron chi connectivity index (χ0n) is 14.4. The van der Waals surface area contributed by atoms with E-state index in [4.69, 9.17) is 13.9 Å². The standard InChI is InChI=1S/C18H24N2O4/c1-20(2)10-11-23-15-6-4-14(5-7-15)12-19-18(21)17-9-8-16(24-17)13-22-3/h4-9H,10-13H2,1-3H3,(H,19,21). The Morgan fingerprint density at radius 3 is 2.58 bits per heavy atom. The molecule has 0 bridgehead atoms. The van der Waals surface area contributed by atoms with Gasteiger partial charge in [0.25, 0.3) is 5.91 Å². The number of carbonyl (C=O) groups excluding carboxylic acids is 1. The van der Waals surface area contributed by atoms with Gasteiger partial charge >= 0.3 is 0 Å². The molecule has 0 aliphatic heterocycles. The Morgan fingerprint density at radius 1 is 1.17 bits per heavy atom. The van der Waals surface area contributed by atoms with E-state index in [0.29, 0.717) is 25.5 Å². The molecule has 0 unspecified atom stereocenters. The van der Waals surface area contributed by atoms with Crippen molar-refractivity contribution in [2.75, 3.05) is 34.4 Å². The molecule has 0 fully saturated rings. The number of methoxy groups -OCH3 is 1. The molecule has 1 N–H and O–H groups in total. The van der Waals surface area contributed by atoms with Crippen LogP contribution in [0.1, 0.15) is 21.9 Å². The third-order valence-electron chi connectivity index (χ3n) is 3.36. The van der Waals surface area contributed by atoms with Gasteiger partial charge in [-0.05, 0) is 43.9 Å². The molecule has 0 spiro atoms. The predicted molar refractivity (Wildman–Crippen MR) is 91.1 cm³/mol. The number of nitrogens with zero attached hydrogens (tertiary/aromatic N) is 1. The SMILES string of the molecule is COCc1ccc(C(=O)NCc2ccc(OCCN(C)C)cc2)o1. The van der Waals surface area contributed by atoms with Crippen molar-refractivity contribution in [3.05, 3.63) is 53.5 Å². The van der Waals surface area contributed by atoms with E-state index in [2.05, 4.69) is 10.2 Å². The summed E-state index contributed by atoms with van der Waals surface area (Å²) in [6.45, 7) is 2.29. The average molecular weight is 332 g/mol. The van der Waals surface area contributed by atoms with Crippen LogP contribution in [0.3, 0.4) is 0 Å². The molecule has 130 valence electrons. The lowest BCUT2D eigenvalue weighted by Crippen LogP contribution is -2.22. The number of ether oxygens (including phenoxy) is 2. The van der Waals surface area contributed by atoms with Gasteiger partial charge in [0.1, 0.15) is 24.7 Å². The summed E-state index contributed by atoms with van der Waals surface area (Å²) < 4.78 is 16.0. The maximum atomic E-state index is 12.0. The molecular formula is C18H24N2O4.